The van der Waals surface area contributed by atoms with Crippen LogP contribution >= 0.6 is 0 Å². The lowest BCUT2D eigenvalue weighted by Gasteiger charge is -2.28. The first-order chi connectivity index (χ1) is 15.3. The predicted octanol–water partition coefficient (Wildman–Crippen LogP) is 3.52. The summed E-state index contributed by atoms with van der Waals surface area (Å²) < 4.78 is 11.6. The van der Waals surface area contributed by atoms with E-state index in [1.165, 1.54) is 12.6 Å². The van der Waals surface area contributed by atoms with Gasteiger partial charge in [-0.3, -0.25) is 4.79 Å². The van der Waals surface area contributed by atoms with Crippen molar-refractivity contribution in [2.45, 2.75) is 59.0 Å². The molecule has 1 amide bonds. The van der Waals surface area contributed by atoms with E-state index in [1.54, 1.807) is 4.90 Å². The number of carbonyl (C=O) groups excluding carboxylic acids is 1. The van der Waals surface area contributed by atoms with Gasteiger partial charge in [0.1, 0.15) is 24.2 Å². The maximum Gasteiger partial charge on any atom is 0.258 e. The summed E-state index contributed by atoms with van der Waals surface area (Å²) in [4.78, 5) is 33.0. The highest BCUT2D eigenvalue weighted by molar-refractivity contribution is 6.09. The fourth-order valence-electron chi connectivity index (χ4n) is 3.93. The summed E-state index contributed by atoms with van der Waals surface area (Å²) in [5, 5.41) is 4.13. The minimum Gasteiger partial charge on any atom is -0.477 e. The smallest absolute Gasteiger partial charge is 0.258 e. The fraction of sp³-hybridized carbons (Fsp3) is 0.522. The Hall–Kier alpha value is -3.23. The number of hydrogen-bond acceptors (Lipinski definition) is 8. The minimum absolute atomic E-state index is 0.0126. The monoisotopic (exact) mass is 436 g/mol. The molecular weight excluding hydrogens is 408 g/mol. The average molecular weight is 437 g/mol. The van der Waals surface area contributed by atoms with Crippen LogP contribution in [0.15, 0.2) is 17.0 Å². The summed E-state index contributed by atoms with van der Waals surface area (Å²) in [6, 6.07) is 0. The molecule has 4 heterocycles. The third-order valence-corrected chi connectivity index (χ3v) is 6.00. The molecule has 32 heavy (non-hydrogen) atoms. The van der Waals surface area contributed by atoms with Gasteiger partial charge in [-0.05, 0) is 39.0 Å². The molecule has 3 aromatic rings. The molecule has 5 rings (SSSR count). The quantitative estimate of drug-likeness (QED) is 0.626. The van der Waals surface area contributed by atoms with Crippen LogP contribution in [-0.2, 0) is 13.0 Å². The van der Waals surface area contributed by atoms with Gasteiger partial charge in [0.05, 0.1) is 29.8 Å². The van der Waals surface area contributed by atoms with Gasteiger partial charge in [-0.25, -0.2) is 15.0 Å². The topological polar surface area (TPSA) is 106 Å². The predicted molar refractivity (Wildman–Crippen MR) is 119 cm³/mol. The lowest BCUT2D eigenvalue weighted by Crippen LogP contribution is -2.36. The molecular formula is C23H28N6O3. The van der Waals surface area contributed by atoms with Crippen molar-refractivity contribution < 1.29 is 13.9 Å². The molecule has 1 aliphatic carbocycles. The Labute approximate surface area is 186 Å². The van der Waals surface area contributed by atoms with Gasteiger partial charge < -0.3 is 19.4 Å². The normalized spacial score (nSPS) is 16.8. The van der Waals surface area contributed by atoms with Crippen molar-refractivity contribution in [1.82, 2.24) is 24.8 Å². The van der Waals surface area contributed by atoms with Crippen LogP contribution in [0.4, 0.5) is 5.82 Å². The molecule has 0 atom stereocenters. The molecule has 1 saturated carbocycles. The number of furan rings is 1. The van der Waals surface area contributed by atoms with Crippen molar-refractivity contribution in [2.24, 2.45) is 5.92 Å². The molecule has 3 aromatic heterocycles. The maximum absolute atomic E-state index is 13.5. The Morgan fingerprint density at radius 2 is 2.12 bits per heavy atom. The molecule has 9 nitrogen and oxygen atoms in total. The van der Waals surface area contributed by atoms with Gasteiger partial charge in [0.25, 0.3) is 5.91 Å². The van der Waals surface area contributed by atoms with E-state index in [-0.39, 0.29) is 11.4 Å². The highest BCUT2D eigenvalue weighted by Gasteiger charge is 2.39. The van der Waals surface area contributed by atoms with Gasteiger partial charge in [0.15, 0.2) is 0 Å². The van der Waals surface area contributed by atoms with E-state index in [0.717, 1.165) is 24.1 Å². The highest BCUT2D eigenvalue weighted by atomic mass is 16.5. The SMILES string of the molecule is Cc1nc(NC2(C)CC2)c2c(C(=O)N3CCc4c(ncnc4OCC(C)C)C3)coc2n1. The molecule has 0 aromatic carbocycles. The number of carbonyl (C=O) groups is 1. The number of nitrogens with one attached hydrogen (secondary N) is 1. The summed E-state index contributed by atoms with van der Waals surface area (Å²) >= 11 is 0. The first-order valence-corrected chi connectivity index (χ1v) is 11.1. The lowest BCUT2D eigenvalue weighted by atomic mass is 10.0. The third-order valence-electron chi connectivity index (χ3n) is 6.00. The van der Waals surface area contributed by atoms with Crippen LogP contribution in [0.25, 0.3) is 11.1 Å². The van der Waals surface area contributed by atoms with E-state index < -0.39 is 0 Å². The second-order valence-corrected chi connectivity index (χ2v) is 9.42. The number of ether oxygens (including phenoxy) is 1. The fourth-order valence-corrected chi connectivity index (χ4v) is 3.93. The Morgan fingerprint density at radius 1 is 1.31 bits per heavy atom. The van der Waals surface area contributed by atoms with Gasteiger partial charge in [0, 0.05) is 17.6 Å². The molecule has 2 aliphatic rings. The third kappa shape index (κ3) is 3.87. The van der Waals surface area contributed by atoms with Crippen molar-refractivity contribution in [3.05, 3.63) is 35.2 Å². The second kappa shape index (κ2) is 7.72. The van der Waals surface area contributed by atoms with Crippen molar-refractivity contribution in [2.75, 3.05) is 18.5 Å². The average Bonchev–Trinajstić information content (AvgIpc) is 3.33. The number of fused-ring (bicyclic) bond motifs is 2. The number of amides is 1. The van der Waals surface area contributed by atoms with Gasteiger partial charge >= 0.3 is 0 Å². The zero-order valence-corrected chi connectivity index (χ0v) is 18.9. The van der Waals surface area contributed by atoms with Crippen molar-refractivity contribution in [3.8, 4) is 5.88 Å². The van der Waals surface area contributed by atoms with Gasteiger partial charge in [-0.2, -0.15) is 4.98 Å². The van der Waals surface area contributed by atoms with E-state index in [0.29, 0.717) is 66.2 Å². The van der Waals surface area contributed by atoms with Crippen molar-refractivity contribution >= 4 is 22.8 Å². The van der Waals surface area contributed by atoms with E-state index in [2.05, 4.69) is 46.0 Å². The molecule has 0 spiro atoms. The first-order valence-electron chi connectivity index (χ1n) is 11.1. The summed E-state index contributed by atoms with van der Waals surface area (Å²) in [5.74, 6) is 2.18. The van der Waals surface area contributed by atoms with Crippen LogP contribution in [-0.4, -0.2) is 49.4 Å². The Morgan fingerprint density at radius 3 is 2.88 bits per heavy atom. The number of rotatable bonds is 6. The first kappa shape index (κ1) is 20.7. The van der Waals surface area contributed by atoms with Crippen LogP contribution < -0.4 is 10.1 Å². The Kier molecular flexibility index (Phi) is 4.98. The molecule has 0 unspecified atom stereocenters. The summed E-state index contributed by atoms with van der Waals surface area (Å²) in [6.07, 6.45) is 5.79. The number of hydrogen-bond donors (Lipinski definition) is 1. The molecule has 1 N–H and O–H groups in total. The maximum atomic E-state index is 13.5. The van der Waals surface area contributed by atoms with Crippen LogP contribution in [0.2, 0.25) is 0 Å². The van der Waals surface area contributed by atoms with E-state index in [4.69, 9.17) is 9.15 Å². The number of aromatic nitrogens is 4. The minimum atomic E-state index is -0.117. The molecule has 9 heteroatoms. The van der Waals surface area contributed by atoms with Crippen molar-refractivity contribution in [3.63, 3.8) is 0 Å². The summed E-state index contributed by atoms with van der Waals surface area (Å²) in [7, 11) is 0. The van der Waals surface area contributed by atoms with Crippen LogP contribution in [0.3, 0.4) is 0 Å². The summed E-state index contributed by atoms with van der Waals surface area (Å²) in [6.45, 7) is 9.72. The van der Waals surface area contributed by atoms with Gasteiger partial charge in [-0.1, -0.05) is 13.8 Å². The van der Waals surface area contributed by atoms with Crippen LogP contribution in [0.5, 0.6) is 5.88 Å². The Bertz CT molecular complexity index is 1180. The van der Waals surface area contributed by atoms with Crippen molar-refractivity contribution in [1.29, 1.82) is 0 Å². The molecule has 1 aliphatic heterocycles. The highest BCUT2D eigenvalue weighted by Crippen LogP contribution is 2.40. The number of nitrogens with zero attached hydrogens (tertiary/aromatic N) is 5. The van der Waals surface area contributed by atoms with Crippen LogP contribution in [0.1, 0.15) is 61.1 Å². The van der Waals surface area contributed by atoms with Crippen LogP contribution in [0, 0.1) is 12.8 Å². The summed E-state index contributed by atoms with van der Waals surface area (Å²) in [5.41, 5.74) is 2.72. The lowest BCUT2D eigenvalue weighted by molar-refractivity contribution is 0.0731. The zero-order valence-electron chi connectivity index (χ0n) is 18.9. The van der Waals surface area contributed by atoms with E-state index >= 15 is 0 Å². The molecule has 1 fully saturated rings. The molecule has 168 valence electrons. The Balaban J connectivity index is 1.43. The van der Waals surface area contributed by atoms with Gasteiger partial charge in [-0.15, -0.1) is 0 Å². The molecule has 0 saturated heterocycles. The molecule has 0 bridgehead atoms. The second-order valence-electron chi connectivity index (χ2n) is 9.42. The van der Waals surface area contributed by atoms with E-state index in [1.807, 2.05) is 6.92 Å². The standard InChI is InChI=1S/C23H28N6O3/c1-13(2)10-31-20-15-5-8-29(9-17(15)24-12-25-20)22(30)16-11-32-21-18(16)19(26-14(3)27-21)28-23(4)6-7-23/h11-13H,5-10H2,1-4H3,(H,26,27,28). The number of anilines is 1. The number of aryl methyl sites for hydroxylation is 1. The molecule has 0 radical (unpaired) electrons. The van der Waals surface area contributed by atoms with E-state index in [9.17, 15) is 4.79 Å². The zero-order chi connectivity index (χ0) is 22.5. The van der Waals surface area contributed by atoms with Gasteiger partial charge in [0.2, 0.25) is 11.6 Å². The largest absolute Gasteiger partial charge is 0.477 e.